The summed E-state index contributed by atoms with van der Waals surface area (Å²) in [6.45, 7) is 14.4. The number of nitrogen functional groups attached to an aromatic ring is 1. The van der Waals surface area contributed by atoms with E-state index in [1.165, 1.54) is 5.56 Å². The van der Waals surface area contributed by atoms with Gasteiger partial charge in [-0.1, -0.05) is 19.9 Å². The van der Waals surface area contributed by atoms with Gasteiger partial charge in [0, 0.05) is 12.2 Å². The van der Waals surface area contributed by atoms with E-state index in [-0.39, 0.29) is 11.6 Å². The van der Waals surface area contributed by atoms with Crippen molar-refractivity contribution < 1.29 is 9.53 Å². The second kappa shape index (κ2) is 6.59. The fourth-order valence-electron chi connectivity index (χ4n) is 2.71. The summed E-state index contributed by atoms with van der Waals surface area (Å²) in [6, 6.07) is 5.91. The lowest BCUT2D eigenvalue weighted by Crippen LogP contribution is -2.51. The maximum atomic E-state index is 12.4. The third kappa shape index (κ3) is 3.93. The van der Waals surface area contributed by atoms with Crippen LogP contribution in [0.2, 0.25) is 0 Å². The zero-order valence-corrected chi connectivity index (χ0v) is 15.0. The molecule has 2 rings (SSSR count). The zero-order valence-electron chi connectivity index (χ0n) is 15.0. The minimum atomic E-state index is -0.478. The Hall–Kier alpha value is -1.71. The molecule has 0 radical (unpaired) electrons. The number of ether oxygens (including phenoxy) is 1. The summed E-state index contributed by atoms with van der Waals surface area (Å²) < 4.78 is 5.51. The summed E-state index contributed by atoms with van der Waals surface area (Å²) in [4.78, 5) is 14.2. The summed E-state index contributed by atoms with van der Waals surface area (Å²) in [5.74, 6) is 0. The van der Waals surface area contributed by atoms with Crippen LogP contribution >= 0.6 is 0 Å². The van der Waals surface area contributed by atoms with E-state index in [0.717, 1.165) is 17.7 Å². The van der Waals surface area contributed by atoms with E-state index in [1.54, 1.807) is 4.90 Å². The van der Waals surface area contributed by atoms with Crippen LogP contribution in [0.25, 0.3) is 0 Å². The number of anilines is 1. The minimum absolute atomic E-state index is 0.259. The van der Waals surface area contributed by atoms with E-state index in [4.69, 9.17) is 10.5 Å². The number of carbonyl (C=O) groups is 1. The lowest BCUT2D eigenvalue weighted by molar-refractivity contribution is -0.000295. The van der Waals surface area contributed by atoms with Crippen LogP contribution in [-0.2, 0) is 16.7 Å². The molecule has 22 heavy (non-hydrogen) atoms. The van der Waals surface area contributed by atoms with Crippen molar-refractivity contribution in [1.29, 1.82) is 0 Å². The van der Waals surface area contributed by atoms with Crippen molar-refractivity contribution in [2.75, 3.05) is 12.3 Å². The smallest absolute Gasteiger partial charge is 0.411 e. The Morgan fingerprint density at radius 2 is 1.86 bits per heavy atom. The van der Waals surface area contributed by atoms with Crippen molar-refractivity contribution in [3.8, 4) is 0 Å². The number of carbonyl (C=O) groups excluding carboxylic acids is 1. The molecule has 1 aromatic rings. The number of fused-ring (bicyclic) bond motifs is 1. The van der Waals surface area contributed by atoms with Crippen LogP contribution in [0.1, 0.15) is 59.6 Å². The monoisotopic (exact) mass is 306 g/mol. The molecule has 1 amide bonds. The molecule has 0 fully saturated rings. The fourth-order valence-corrected chi connectivity index (χ4v) is 2.71. The Balaban J connectivity index is 0.00000116. The standard InChI is InChI=1S/C16H24N2O2.C2H6/c1-15(2,3)20-14(19)18-9-8-11-10-12(17)6-7-13(11)16(18,4)5;1-2/h6-7,10H,8-9,17H2,1-5H3;1-2H3. The number of hydrogen-bond donors (Lipinski definition) is 1. The summed E-state index contributed by atoms with van der Waals surface area (Å²) in [7, 11) is 0. The lowest BCUT2D eigenvalue weighted by atomic mass is 9.83. The van der Waals surface area contributed by atoms with Crippen LogP contribution in [0.4, 0.5) is 10.5 Å². The Morgan fingerprint density at radius 3 is 2.41 bits per heavy atom. The second-order valence-electron chi connectivity index (χ2n) is 6.86. The maximum absolute atomic E-state index is 12.4. The predicted molar refractivity (Wildman–Crippen MR) is 91.9 cm³/mol. The van der Waals surface area contributed by atoms with Crippen LogP contribution < -0.4 is 5.73 Å². The van der Waals surface area contributed by atoms with Gasteiger partial charge in [0.25, 0.3) is 0 Å². The van der Waals surface area contributed by atoms with Gasteiger partial charge in [0.05, 0.1) is 5.54 Å². The highest BCUT2D eigenvalue weighted by Gasteiger charge is 2.39. The maximum Gasteiger partial charge on any atom is 0.411 e. The van der Waals surface area contributed by atoms with Gasteiger partial charge in [-0.25, -0.2) is 4.79 Å². The Bertz CT molecular complexity index is 530. The molecule has 1 heterocycles. The van der Waals surface area contributed by atoms with E-state index >= 15 is 0 Å². The normalized spacial score (nSPS) is 16.2. The van der Waals surface area contributed by atoms with Crippen LogP contribution in [0.3, 0.4) is 0 Å². The molecule has 0 unspecified atom stereocenters. The molecule has 1 aromatic carbocycles. The van der Waals surface area contributed by atoms with E-state index in [1.807, 2.05) is 66.7 Å². The Kier molecular flexibility index (Phi) is 5.49. The van der Waals surface area contributed by atoms with Gasteiger partial charge in [-0.15, -0.1) is 0 Å². The van der Waals surface area contributed by atoms with E-state index in [0.29, 0.717) is 6.54 Å². The number of amides is 1. The van der Waals surface area contributed by atoms with Crippen LogP contribution in [0, 0.1) is 0 Å². The topological polar surface area (TPSA) is 55.6 Å². The molecule has 0 saturated carbocycles. The van der Waals surface area contributed by atoms with Crippen molar-refractivity contribution in [1.82, 2.24) is 4.90 Å². The minimum Gasteiger partial charge on any atom is -0.444 e. The third-order valence-corrected chi connectivity index (χ3v) is 3.68. The van der Waals surface area contributed by atoms with Gasteiger partial charge in [-0.2, -0.15) is 0 Å². The molecule has 1 aliphatic rings. The second-order valence-corrected chi connectivity index (χ2v) is 6.86. The molecule has 0 aliphatic carbocycles. The number of nitrogens with two attached hydrogens (primary N) is 1. The molecule has 0 bridgehead atoms. The summed E-state index contributed by atoms with van der Waals surface area (Å²) in [5.41, 5.74) is 8.11. The number of benzene rings is 1. The first-order valence-electron chi connectivity index (χ1n) is 8.01. The van der Waals surface area contributed by atoms with E-state index < -0.39 is 5.60 Å². The summed E-state index contributed by atoms with van der Waals surface area (Å²) in [5, 5.41) is 0. The van der Waals surface area contributed by atoms with Crippen molar-refractivity contribution >= 4 is 11.8 Å². The molecule has 124 valence electrons. The van der Waals surface area contributed by atoms with Gasteiger partial charge in [0.15, 0.2) is 0 Å². The van der Waals surface area contributed by atoms with Crippen molar-refractivity contribution in [3.05, 3.63) is 29.3 Å². The van der Waals surface area contributed by atoms with E-state index in [2.05, 4.69) is 0 Å². The average Bonchev–Trinajstić information content (AvgIpc) is 2.38. The highest BCUT2D eigenvalue weighted by Crippen LogP contribution is 2.36. The number of rotatable bonds is 0. The van der Waals surface area contributed by atoms with Crippen LogP contribution in [-0.4, -0.2) is 23.1 Å². The Morgan fingerprint density at radius 1 is 1.27 bits per heavy atom. The predicted octanol–water partition coefficient (Wildman–Crippen LogP) is 4.32. The SMILES string of the molecule is CC.CC(C)(C)OC(=O)N1CCc2cc(N)ccc2C1(C)C. The molecule has 1 aliphatic heterocycles. The van der Waals surface area contributed by atoms with Crippen LogP contribution in [0.15, 0.2) is 18.2 Å². The average molecular weight is 306 g/mol. The van der Waals surface area contributed by atoms with Gasteiger partial charge < -0.3 is 10.5 Å². The van der Waals surface area contributed by atoms with Crippen molar-refractivity contribution in [2.24, 2.45) is 0 Å². The van der Waals surface area contributed by atoms with E-state index in [9.17, 15) is 4.79 Å². The van der Waals surface area contributed by atoms with Gasteiger partial charge in [-0.05, 0) is 64.3 Å². The van der Waals surface area contributed by atoms with Crippen molar-refractivity contribution in [2.45, 2.75) is 66.0 Å². The first kappa shape index (κ1) is 18.3. The molecule has 4 nitrogen and oxygen atoms in total. The fraction of sp³-hybridized carbons (Fsp3) is 0.611. The van der Waals surface area contributed by atoms with Gasteiger partial charge >= 0.3 is 6.09 Å². The highest BCUT2D eigenvalue weighted by atomic mass is 16.6. The molecule has 0 aromatic heterocycles. The highest BCUT2D eigenvalue weighted by molar-refractivity contribution is 5.70. The first-order chi connectivity index (χ1) is 10.1. The molecule has 2 N–H and O–H groups in total. The zero-order chi connectivity index (χ0) is 17.1. The molecular weight excluding hydrogens is 276 g/mol. The quantitative estimate of drug-likeness (QED) is 0.726. The molecule has 0 spiro atoms. The van der Waals surface area contributed by atoms with Gasteiger partial charge in [-0.3, -0.25) is 4.90 Å². The lowest BCUT2D eigenvalue weighted by Gasteiger charge is -2.44. The number of hydrogen-bond acceptors (Lipinski definition) is 3. The Labute approximate surface area is 134 Å². The van der Waals surface area contributed by atoms with Gasteiger partial charge in [0.2, 0.25) is 0 Å². The molecule has 0 atom stereocenters. The summed E-state index contributed by atoms with van der Waals surface area (Å²) in [6.07, 6.45) is 0.549. The first-order valence-corrected chi connectivity index (χ1v) is 8.01. The molecule has 4 heteroatoms. The third-order valence-electron chi connectivity index (χ3n) is 3.68. The molecule has 0 saturated heterocycles. The molecular formula is C18H30N2O2. The largest absolute Gasteiger partial charge is 0.444 e. The number of nitrogens with zero attached hydrogens (tertiary/aromatic N) is 1. The van der Waals surface area contributed by atoms with Crippen molar-refractivity contribution in [3.63, 3.8) is 0 Å². The van der Waals surface area contributed by atoms with Crippen LogP contribution in [0.5, 0.6) is 0 Å². The van der Waals surface area contributed by atoms with Gasteiger partial charge in [0.1, 0.15) is 5.60 Å². The summed E-state index contributed by atoms with van der Waals surface area (Å²) >= 11 is 0.